The summed E-state index contributed by atoms with van der Waals surface area (Å²) in [7, 11) is 0. The van der Waals surface area contributed by atoms with Crippen LogP contribution < -0.4 is 5.73 Å². The molecule has 0 aliphatic rings. The quantitative estimate of drug-likeness (QED) is 0.503. The lowest BCUT2D eigenvalue weighted by Gasteiger charge is -2.09. The number of nitro benzene ring substituents is 1. The lowest BCUT2D eigenvalue weighted by molar-refractivity contribution is -0.383. The third-order valence-corrected chi connectivity index (χ3v) is 3.15. The Balaban J connectivity index is 2.52. The van der Waals surface area contributed by atoms with Gasteiger partial charge in [-0.2, -0.15) is 13.2 Å². The van der Waals surface area contributed by atoms with Crippen LogP contribution in [0.25, 0.3) is 11.1 Å². The third-order valence-electron chi connectivity index (χ3n) is 2.84. The number of anilines is 1. The van der Waals surface area contributed by atoms with Gasteiger partial charge in [-0.15, -0.1) is 0 Å². The van der Waals surface area contributed by atoms with Crippen LogP contribution in [0.3, 0.4) is 0 Å². The van der Waals surface area contributed by atoms with Crippen molar-refractivity contribution in [3.63, 3.8) is 0 Å². The van der Waals surface area contributed by atoms with E-state index in [4.69, 9.17) is 17.3 Å². The van der Waals surface area contributed by atoms with Crippen molar-refractivity contribution in [2.24, 2.45) is 0 Å². The molecule has 8 heteroatoms. The zero-order valence-electron chi connectivity index (χ0n) is 10.3. The van der Waals surface area contributed by atoms with Crippen molar-refractivity contribution in [1.29, 1.82) is 0 Å². The van der Waals surface area contributed by atoms with Crippen LogP contribution in [0.4, 0.5) is 24.5 Å². The predicted octanol–water partition coefficient (Wildman–Crippen LogP) is 4.52. The molecule has 0 saturated heterocycles. The molecular weight excluding hydrogens is 309 g/mol. The molecule has 0 unspecified atom stereocenters. The van der Waals surface area contributed by atoms with Crippen LogP contribution in [0.2, 0.25) is 5.02 Å². The van der Waals surface area contributed by atoms with E-state index < -0.39 is 16.7 Å². The van der Waals surface area contributed by atoms with Crippen LogP contribution in [0.1, 0.15) is 5.56 Å². The molecule has 0 bridgehead atoms. The van der Waals surface area contributed by atoms with Crippen molar-refractivity contribution >= 4 is 23.0 Å². The third kappa shape index (κ3) is 3.08. The van der Waals surface area contributed by atoms with Gasteiger partial charge in [0.15, 0.2) is 0 Å². The first kappa shape index (κ1) is 15.1. The lowest BCUT2D eigenvalue weighted by Crippen LogP contribution is -2.04. The van der Waals surface area contributed by atoms with Gasteiger partial charge in [-0.1, -0.05) is 23.7 Å². The normalized spacial score (nSPS) is 11.4. The summed E-state index contributed by atoms with van der Waals surface area (Å²) >= 11 is 5.95. The second kappa shape index (κ2) is 5.25. The van der Waals surface area contributed by atoms with Crippen molar-refractivity contribution in [1.82, 2.24) is 0 Å². The Hall–Kier alpha value is -2.28. The van der Waals surface area contributed by atoms with Crippen LogP contribution in [0, 0.1) is 10.1 Å². The zero-order chi connectivity index (χ0) is 15.8. The summed E-state index contributed by atoms with van der Waals surface area (Å²) in [6, 6.07) is 6.50. The number of hydrogen-bond acceptors (Lipinski definition) is 3. The van der Waals surface area contributed by atoms with E-state index in [0.29, 0.717) is 5.56 Å². The average Bonchev–Trinajstić information content (AvgIpc) is 2.37. The summed E-state index contributed by atoms with van der Waals surface area (Å²) < 4.78 is 37.5. The molecule has 2 N–H and O–H groups in total. The highest BCUT2D eigenvalue weighted by Gasteiger charge is 2.30. The van der Waals surface area contributed by atoms with Gasteiger partial charge in [0.1, 0.15) is 5.69 Å². The summed E-state index contributed by atoms with van der Waals surface area (Å²) in [6.07, 6.45) is -4.45. The fourth-order valence-electron chi connectivity index (χ4n) is 1.80. The van der Waals surface area contributed by atoms with Crippen LogP contribution >= 0.6 is 11.6 Å². The highest BCUT2D eigenvalue weighted by atomic mass is 35.5. The van der Waals surface area contributed by atoms with Gasteiger partial charge < -0.3 is 5.73 Å². The molecule has 110 valence electrons. The number of nitrogens with two attached hydrogens (primary N) is 1. The summed E-state index contributed by atoms with van der Waals surface area (Å²) in [5.41, 5.74) is 4.77. The number of halogens is 4. The molecule has 2 rings (SSSR count). The van der Waals surface area contributed by atoms with Crippen molar-refractivity contribution in [3.8, 4) is 11.1 Å². The number of alkyl halides is 3. The Bertz CT molecular complexity index is 700. The number of hydrogen-bond donors (Lipinski definition) is 1. The Morgan fingerprint density at radius 1 is 1.14 bits per heavy atom. The van der Waals surface area contributed by atoms with E-state index in [-0.39, 0.29) is 22.0 Å². The Kier molecular flexibility index (Phi) is 3.78. The number of benzene rings is 2. The first-order chi connectivity index (χ1) is 9.70. The molecule has 0 aromatic heterocycles. The summed E-state index contributed by atoms with van der Waals surface area (Å²) in [6.45, 7) is 0. The minimum atomic E-state index is -4.45. The van der Waals surface area contributed by atoms with Crippen LogP contribution in [0.15, 0.2) is 36.4 Å². The first-order valence-electron chi connectivity index (χ1n) is 5.61. The number of rotatable bonds is 2. The SMILES string of the molecule is Nc1cc(Cl)c(-c2ccc(C(F)(F)F)cc2)cc1[N+](=O)[O-]. The summed E-state index contributed by atoms with van der Waals surface area (Å²) in [4.78, 5) is 10.2. The number of nitro groups is 1. The largest absolute Gasteiger partial charge is 0.416 e. The standard InChI is InChI=1S/C13H8ClF3N2O2/c14-10-6-11(18)12(19(20)21)5-9(10)7-1-3-8(4-2-7)13(15,16)17/h1-6H,18H2. The van der Waals surface area contributed by atoms with E-state index in [0.717, 1.165) is 18.2 Å². The summed E-state index contributed by atoms with van der Waals surface area (Å²) in [5.74, 6) is 0. The fraction of sp³-hybridized carbons (Fsp3) is 0.0769. The highest BCUT2D eigenvalue weighted by molar-refractivity contribution is 6.33. The molecular formula is C13H8ClF3N2O2. The highest BCUT2D eigenvalue weighted by Crippen LogP contribution is 2.37. The Morgan fingerprint density at radius 2 is 1.71 bits per heavy atom. The number of nitrogen functional groups attached to an aromatic ring is 1. The van der Waals surface area contributed by atoms with E-state index in [1.165, 1.54) is 18.2 Å². The van der Waals surface area contributed by atoms with E-state index in [1.807, 2.05) is 0 Å². The van der Waals surface area contributed by atoms with Crippen molar-refractivity contribution in [2.75, 3.05) is 5.73 Å². The minimum absolute atomic E-state index is 0.110. The molecule has 2 aromatic carbocycles. The molecule has 0 heterocycles. The van der Waals surface area contributed by atoms with Gasteiger partial charge in [-0.05, 0) is 23.8 Å². The maximum Gasteiger partial charge on any atom is 0.416 e. The van der Waals surface area contributed by atoms with Crippen LogP contribution in [-0.2, 0) is 6.18 Å². The molecule has 0 fully saturated rings. The Morgan fingerprint density at radius 3 is 2.19 bits per heavy atom. The number of nitrogens with zero attached hydrogens (tertiary/aromatic N) is 1. The molecule has 0 aliphatic carbocycles. The average molecular weight is 317 g/mol. The Labute approximate surface area is 122 Å². The molecule has 0 amide bonds. The van der Waals surface area contributed by atoms with Gasteiger partial charge in [0, 0.05) is 11.6 Å². The fourth-order valence-corrected chi connectivity index (χ4v) is 2.08. The van der Waals surface area contributed by atoms with Crippen molar-refractivity contribution < 1.29 is 18.1 Å². The lowest BCUT2D eigenvalue weighted by atomic mass is 10.0. The molecule has 0 saturated carbocycles. The maximum atomic E-state index is 12.5. The van der Waals surface area contributed by atoms with Gasteiger partial charge in [-0.25, -0.2) is 0 Å². The second-order valence-corrected chi connectivity index (χ2v) is 4.63. The molecule has 0 aliphatic heterocycles. The van der Waals surface area contributed by atoms with E-state index in [1.54, 1.807) is 0 Å². The molecule has 0 atom stereocenters. The van der Waals surface area contributed by atoms with Crippen molar-refractivity contribution in [2.45, 2.75) is 6.18 Å². The predicted molar refractivity (Wildman–Crippen MR) is 73.0 cm³/mol. The van der Waals surface area contributed by atoms with Gasteiger partial charge >= 0.3 is 6.18 Å². The van der Waals surface area contributed by atoms with Crippen LogP contribution in [-0.4, -0.2) is 4.92 Å². The maximum absolute atomic E-state index is 12.5. The van der Waals surface area contributed by atoms with Crippen molar-refractivity contribution in [3.05, 3.63) is 57.1 Å². The monoisotopic (exact) mass is 316 g/mol. The molecule has 0 spiro atoms. The van der Waals surface area contributed by atoms with Gasteiger partial charge in [0.05, 0.1) is 15.5 Å². The molecule has 21 heavy (non-hydrogen) atoms. The molecule has 0 radical (unpaired) electrons. The summed E-state index contributed by atoms with van der Waals surface area (Å²) in [5, 5.41) is 11.0. The van der Waals surface area contributed by atoms with E-state index in [2.05, 4.69) is 0 Å². The van der Waals surface area contributed by atoms with Gasteiger partial charge in [0.25, 0.3) is 5.69 Å². The first-order valence-corrected chi connectivity index (χ1v) is 5.99. The molecule has 2 aromatic rings. The van der Waals surface area contributed by atoms with Gasteiger partial charge in [-0.3, -0.25) is 10.1 Å². The van der Waals surface area contributed by atoms with E-state index in [9.17, 15) is 23.3 Å². The van der Waals surface area contributed by atoms with Crippen LogP contribution in [0.5, 0.6) is 0 Å². The topological polar surface area (TPSA) is 69.2 Å². The zero-order valence-corrected chi connectivity index (χ0v) is 11.1. The van der Waals surface area contributed by atoms with E-state index >= 15 is 0 Å². The molecule has 4 nitrogen and oxygen atoms in total. The van der Waals surface area contributed by atoms with Gasteiger partial charge in [0.2, 0.25) is 0 Å². The minimum Gasteiger partial charge on any atom is -0.393 e. The smallest absolute Gasteiger partial charge is 0.393 e. The second-order valence-electron chi connectivity index (χ2n) is 4.22.